The summed E-state index contributed by atoms with van der Waals surface area (Å²) in [6, 6.07) is 9.66. The molecule has 0 saturated carbocycles. The van der Waals surface area contributed by atoms with E-state index in [0.29, 0.717) is 10.7 Å². The van der Waals surface area contributed by atoms with Gasteiger partial charge in [-0.1, -0.05) is 30.1 Å². The van der Waals surface area contributed by atoms with Gasteiger partial charge in [-0.05, 0) is 48.9 Å². The van der Waals surface area contributed by atoms with Crippen LogP contribution in [0.4, 0.5) is 16.2 Å². The molecule has 0 unspecified atom stereocenters. The molecule has 0 atom stereocenters. The van der Waals surface area contributed by atoms with Crippen LogP contribution in [-0.2, 0) is 10.0 Å². The van der Waals surface area contributed by atoms with E-state index in [-0.39, 0.29) is 9.92 Å². The van der Waals surface area contributed by atoms with Gasteiger partial charge < -0.3 is 10.6 Å². The van der Waals surface area contributed by atoms with E-state index in [0.717, 1.165) is 18.7 Å². The number of sulfonamides is 1. The lowest BCUT2D eigenvalue weighted by Crippen LogP contribution is -2.34. The lowest BCUT2D eigenvalue weighted by Gasteiger charge is -2.10. The Kier molecular flexibility index (Phi) is 6.52. The Bertz CT molecular complexity index is 855. The number of benzene rings is 2. The number of hydrogen-bond acceptors (Lipinski definition) is 4. The Morgan fingerprint density at radius 1 is 1.00 bits per heavy atom. The fraction of sp³-hybridized carbons (Fsp3) is 0.188. The molecule has 0 spiro atoms. The van der Waals surface area contributed by atoms with Gasteiger partial charge in [-0.2, -0.15) is 0 Å². The van der Waals surface area contributed by atoms with E-state index >= 15 is 0 Å². The number of rotatable bonds is 6. The third kappa shape index (κ3) is 5.52. The molecule has 9 heteroatoms. The summed E-state index contributed by atoms with van der Waals surface area (Å²) < 4.78 is 26.4. The summed E-state index contributed by atoms with van der Waals surface area (Å²) in [6.45, 7) is 2.82. The molecular weight excluding hydrogens is 385 g/mol. The number of carbonyl (C=O) groups excluding carboxylic acids is 1. The van der Waals surface area contributed by atoms with Gasteiger partial charge in [0.05, 0.1) is 14.9 Å². The number of hydrogen-bond donors (Lipinski definition) is 3. The van der Waals surface area contributed by atoms with E-state index in [1.807, 2.05) is 11.6 Å². The van der Waals surface area contributed by atoms with Crippen molar-refractivity contribution in [3.63, 3.8) is 0 Å². The quantitative estimate of drug-likeness (QED) is 0.672. The fourth-order valence-electron chi connectivity index (χ4n) is 1.93. The first kappa shape index (κ1) is 19.4. The van der Waals surface area contributed by atoms with Crippen molar-refractivity contribution < 1.29 is 13.2 Å². The minimum Gasteiger partial charge on any atom is -0.385 e. The van der Waals surface area contributed by atoms with Crippen molar-refractivity contribution in [2.45, 2.75) is 18.2 Å². The second kappa shape index (κ2) is 8.42. The Labute approximate surface area is 156 Å². The third-order valence-electron chi connectivity index (χ3n) is 3.15. The van der Waals surface area contributed by atoms with E-state index in [4.69, 9.17) is 23.2 Å². The third-order valence-corrected chi connectivity index (χ3v) is 5.23. The molecular formula is C16H17Cl2N3O3S. The predicted octanol–water partition coefficient (Wildman–Crippen LogP) is 4.33. The Hall–Kier alpha value is -1.96. The molecule has 0 heterocycles. The summed E-state index contributed by atoms with van der Waals surface area (Å²) in [5, 5.41) is 6.11. The monoisotopic (exact) mass is 401 g/mol. The topological polar surface area (TPSA) is 87.3 Å². The van der Waals surface area contributed by atoms with Crippen molar-refractivity contribution in [3.8, 4) is 0 Å². The van der Waals surface area contributed by atoms with E-state index in [1.165, 1.54) is 30.3 Å². The molecule has 0 aromatic heterocycles. The molecule has 2 rings (SSSR count). The summed E-state index contributed by atoms with van der Waals surface area (Å²) in [6.07, 6.45) is 0.955. The molecule has 2 amide bonds. The highest BCUT2D eigenvalue weighted by Gasteiger charge is 2.17. The minimum atomic E-state index is -3.98. The largest absolute Gasteiger partial charge is 0.385 e. The number of carbonyl (C=O) groups is 1. The molecule has 0 aliphatic carbocycles. The first-order chi connectivity index (χ1) is 11.8. The van der Waals surface area contributed by atoms with Gasteiger partial charge >= 0.3 is 6.03 Å². The Morgan fingerprint density at radius 3 is 2.24 bits per heavy atom. The van der Waals surface area contributed by atoms with E-state index in [2.05, 4.69) is 10.6 Å². The summed E-state index contributed by atoms with van der Waals surface area (Å²) in [4.78, 5) is 11.9. The Balaban J connectivity index is 2.04. The first-order valence-electron chi connectivity index (χ1n) is 7.44. The maximum absolute atomic E-state index is 12.2. The molecule has 2 aromatic rings. The van der Waals surface area contributed by atoms with Gasteiger partial charge in [-0.25, -0.2) is 17.9 Å². The van der Waals surface area contributed by atoms with Crippen molar-refractivity contribution in [3.05, 3.63) is 52.5 Å². The van der Waals surface area contributed by atoms with Crippen molar-refractivity contribution in [1.82, 2.24) is 4.72 Å². The molecule has 0 radical (unpaired) electrons. The van der Waals surface area contributed by atoms with Crippen molar-refractivity contribution in [2.24, 2.45) is 0 Å². The van der Waals surface area contributed by atoms with Crippen LogP contribution in [0.2, 0.25) is 10.0 Å². The van der Waals surface area contributed by atoms with Crippen molar-refractivity contribution >= 4 is 50.6 Å². The highest BCUT2D eigenvalue weighted by molar-refractivity contribution is 7.90. The highest BCUT2D eigenvalue weighted by Crippen LogP contribution is 2.25. The molecule has 0 saturated heterocycles. The molecule has 3 N–H and O–H groups in total. The van der Waals surface area contributed by atoms with Crippen LogP contribution in [0.1, 0.15) is 13.3 Å². The van der Waals surface area contributed by atoms with Crippen LogP contribution in [0.3, 0.4) is 0 Å². The van der Waals surface area contributed by atoms with Gasteiger partial charge in [-0.15, -0.1) is 0 Å². The minimum absolute atomic E-state index is 0.0150. The predicted molar refractivity (Wildman–Crippen MR) is 101 cm³/mol. The van der Waals surface area contributed by atoms with Crippen LogP contribution in [-0.4, -0.2) is 21.0 Å². The van der Waals surface area contributed by atoms with Gasteiger partial charge in [0.1, 0.15) is 0 Å². The second-order valence-corrected chi connectivity index (χ2v) is 7.64. The molecule has 25 heavy (non-hydrogen) atoms. The lowest BCUT2D eigenvalue weighted by molar-refractivity contribution is 0.256. The van der Waals surface area contributed by atoms with Gasteiger partial charge in [0, 0.05) is 17.9 Å². The molecule has 2 aromatic carbocycles. The molecule has 6 nitrogen and oxygen atoms in total. The average Bonchev–Trinajstić information content (AvgIpc) is 2.56. The normalized spacial score (nSPS) is 11.0. The van der Waals surface area contributed by atoms with Crippen LogP contribution in [0.5, 0.6) is 0 Å². The number of urea groups is 1. The number of nitrogens with one attached hydrogen (secondary N) is 3. The zero-order chi connectivity index (χ0) is 18.4. The summed E-state index contributed by atoms with van der Waals surface area (Å²) in [7, 11) is -3.98. The molecule has 134 valence electrons. The summed E-state index contributed by atoms with van der Waals surface area (Å²) >= 11 is 11.6. The standard InChI is InChI=1S/C16H17Cl2N3O3S/c1-2-9-19-11-3-6-13(7-4-11)25(23,24)21-16(22)20-12-5-8-14(17)15(18)10-12/h3-8,10,19H,2,9H2,1H3,(H2,20,21,22). The average molecular weight is 402 g/mol. The maximum atomic E-state index is 12.2. The van der Waals surface area contributed by atoms with Crippen molar-refractivity contribution in [1.29, 1.82) is 0 Å². The van der Waals surface area contributed by atoms with E-state index in [9.17, 15) is 13.2 Å². The smallest absolute Gasteiger partial charge is 0.333 e. The SMILES string of the molecule is CCCNc1ccc(S(=O)(=O)NC(=O)Nc2ccc(Cl)c(Cl)c2)cc1. The number of amides is 2. The summed E-state index contributed by atoms with van der Waals surface area (Å²) in [5.41, 5.74) is 1.13. The first-order valence-corrected chi connectivity index (χ1v) is 9.68. The zero-order valence-corrected chi connectivity index (χ0v) is 15.7. The fourth-order valence-corrected chi connectivity index (χ4v) is 3.14. The molecule has 0 aliphatic heterocycles. The van der Waals surface area contributed by atoms with Crippen LogP contribution in [0, 0.1) is 0 Å². The second-order valence-electron chi connectivity index (χ2n) is 5.14. The van der Waals surface area contributed by atoms with Crippen LogP contribution in [0.15, 0.2) is 47.4 Å². The molecule has 0 bridgehead atoms. The van der Waals surface area contributed by atoms with Gasteiger partial charge in [0.2, 0.25) is 0 Å². The number of halogens is 2. The van der Waals surface area contributed by atoms with E-state index in [1.54, 1.807) is 12.1 Å². The highest BCUT2D eigenvalue weighted by atomic mass is 35.5. The number of anilines is 2. The summed E-state index contributed by atoms with van der Waals surface area (Å²) in [5.74, 6) is 0. The van der Waals surface area contributed by atoms with Crippen LogP contribution < -0.4 is 15.4 Å². The zero-order valence-electron chi connectivity index (χ0n) is 13.3. The van der Waals surface area contributed by atoms with E-state index < -0.39 is 16.1 Å². The van der Waals surface area contributed by atoms with Crippen LogP contribution in [0.25, 0.3) is 0 Å². The van der Waals surface area contributed by atoms with Crippen LogP contribution >= 0.6 is 23.2 Å². The molecule has 0 aliphatic rings. The van der Waals surface area contributed by atoms with Gasteiger partial charge in [0.15, 0.2) is 0 Å². The Morgan fingerprint density at radius 2 is 1.64 bits per heavy atom. The van der Waals surface area contributed by atoms with Gasteiger partial charge in [-0.3, -0.25) is 0 Å². The lowest BCUT2D eigenvalue weighted by atomic mass is 10.3. The maximum Gasteiger partial charge on any atom is 0.333 e. The molecule has 0 fully saturated rings. The van der Waals surface area contributed by atoms with Crippen molar-refractivity contribution in [2.75, 3.05) is 17.2 Å². The van der Waals surface area contributed by atoms with Gasteiger partial charge in [0.25, 0.3) is 10.0 Å².